The number of furan rings is 1. The summed E-state index contributed by atoms with van der Waals surface area (Å²) in [6, 6.07) is 9.49. The van der Waals surface area contributed by atoms with E-state index in [4.69, 9.17) is 4.42 Å². The smallest absolute Gasteiger partial charge is 0.259 e. The summed E-state index contributed by atoms with van der Waals surface area (Å²) in [4.78, 5) is 21.4. The quantitative estimate of drug-likeness (QED) is 0.604. The molecule has 0 fully saturated rings. The zero-order valence-corrected chi connectivity index (χ0v) is 14.8. The molecular formula is C20H18N4O2. The first-order valence-corrected chi connectivity index (χ1v) is 8.30. The van der Waals surface area contributed by atoms with Gasteiger partial charge in [-0.2, -0.15) is 0 Å². The van der Waals surface area contributed by atoms with Crippen molar-refractivity contribution < 1.29 is 9.21 Å². The summed E-state index contributed by atoms with van der Waals surface area (Å²) in [5.41, 5.74) is 3.98. The van der Waals surface area contributed by atoms with Gasteiger partial charge in [0.2, 0.25) is 5.78 Å². The first-order valence-electron chi connectivity index (χ1n) is 8.30. The van der Waals surface area contributed by atoms with Gasteiger partial charge in [-0.3, -0.25) is 9.20 Å². The van der Waals surface area contributed by atoms with Crippen molar-refractivity contribution >= 4 is 17.4 Å². The van der Waals surface area contributed by atoms with Gasteiger partial charge in [0, 0.05) is 29.8 Å². The molecule has 4 rings (SSSR count). The topological polar surface area (TPSA) is 72.4 Å². The van der Waals surface area contributed by atoms with Crippen LogP contribution in [0.2, 0.25) is 0 Å². The van der Waals surface area contributed by atoms with Crippen LogP contribution in [0.3, 0.4) is 0 Å². The number of fused-ring (bicyclic) bond motifs is 1. The second-order valence-corrected chi connectivity index (χ2v) is 6.26. The van der Waals surface area contributed by atoms with E-state index in [1.54, 1.807) is 19.2 Å². The average Bonchev–Trinajstić information content (AvgIpc) is 3.19. The molecular weight excluding hydrogens is 328 g/mol. The lowest BCUT2D eigenvalue weighted by atomic mass is 10.1. The third-order valence-electron chi connectivity index (χ3n) is 4.30. The largest absolute Gasteiger partial charge is 0.466 e. The molecule has 0 bridgehead atoms. The normalized spacial score (nSPS) is 11.0. The highest BCUT2D eigenvalue weighted by atomic mass is 16.3. The van der Waals surface area contributed by atoms with Crippen LogP contribution in [0.5, 0.6) is 0 Å². The minimum absolute atomic E-state index is 0.184. The lowest BCUT2D eigenvalue weighted by Gasteiger charge is -2.09. The highest BCUT2D eigenvalue weighted by Crippen LogP contribution is 2.26. The summed E-state index contributed by atoms with van der Waals surface area (Å²) in [6.45, 7) is 5.57. The lowest BCUT2D eigenvalue weighted by molar-refractivity contribution is 0.102. The van der Waals surface area contributed by atoms with Crippen LogP contribution >= 0.6 is 0 Å². The number of imidazole rings is 1. The van der Waals surface area contributed by atoms with E-state index in [2.05, 4.69) is 15.3 Å². The van der Waals surface area contributed by atoms with Crippen LogP contribution in [0.1, 0.15) is 27.4 Å². The van der Waals surface area contributed by atoms with Gasteiger partial charge in [0.25, 0.3) is 5.91 Å². The van der Waals surface area contributed by atoms with E-state index in [1.165, 1.54) is 0 Å². The molecule has 4 aromatic rings. The average molecular weight is 346 g/mol. The number of amides is 1. The minimum Gasteiger partial charge on any atom is -0.466 e. The number of aryl methyl sites for hydroxylation is 3. The maximum Gasteiger partial charge on any atom is 0.259 e. The Hall–Kier alpha value is -3.41. The Morgan fingerprint density at radius 1 is 1.19 bits per heavy atom. The van der Waals surface area contributed by atoms with E-state index >= 15 is 0 Å². The molecule has 1 amide bonds. The van der Waals surface area contributed by atoms with Crippen molar-refractivity contribution in [2.75, 3.05) is 5.32 Å². The summed E-state index contributed by atoms with van der Waals surface area (Å²) in [5.74, 6) is 1.78. The number of nitrogens with zero attached hydrogens (tertiary/aromatic N) is 3. The maximum absolute atomic E-state index is 12.6. The SMILES string of the molecule is Cc1cc(C(=O)Nc2cc(-c3cn4cccnc4n3)ccc2C)c(C)o1. The number of hydrogen-bond acceptors (Lipinski definition) is 4. The molecule has 0 spiro atoms. The van der Waals surface area contributed by atoms with Crippen molar-refractivity contribution in [3.8, 4) is 11.3 Å². The highest BCUT2D eigenvalue weighted by molar-refractivity contribution is 6.05. The van der Waals surface area contributed by atoms with Gasteiger partial charge in [0.05, 0.1) is 11.3 Å². The Labute approximate surface area is 150 Å². The molecule has 0 atom stereocenters. The van der Waals surface area contributed by atoms with Gasteiger partial charge in [-0.05, 0) is 44.5 Å². The number of carbonyl (C=O) groups excluding carboxylic acids is 1. The summed E-state index contributed by atoms with van der Waals surface area (Å²) in [6.07, 6.45) is 5.53. The summed E-state index contributed by atoms with van der Waals surface area (Å²) in [5, 5.41) is 2.98. The number of benzene rings is 1. The van der Waals surface area contributed by atoms with E-state index < -0.39 is 0 Å². The van der Waals surface area contributed by atoms with Crippen LogP contribution in [0.15, 0.2) is 53.3 Å². The predicted molar refractivity (Wildman–Crippen MR) is 99.3 cm³/mol. The van der Waals surface area contributed by atoms with Gasteiger partial charge < -0.3 is 9.73 Å². The van der Waals surface area contributed by atoms with Gasteiger partial charge in [-0.1, -0.05) is 12.1 Å². The molecule has 0 radical (unpaired) electrons. The van der Waals surface area contributed by atoms with Crippen LogP contribution in [0.25, 0.3) is 17.0 Å². The van der Waals surface area contributed by atoms with Crippen molar-refractivity contribution in [2.45, 2.75) is 20.8 Å². The Morgan fingerprint density at radius 3 is 2.77 bits per heavy atom. The number of rotatable bonds is 3. The Balaban J connectivity index is 1.68. The van der Waals surface area contributed by atoms with Gasteiger partial charge in [-0.25, -0.2) is 9.97 Å². The standard InChI is InChI=1S/C20H18N4O2/c1-12-5-6-15(18-11-24-8-4-7-21-20(24)23-18)10-17(12)22-19(25)16-9-13(2)26-14(16)3/h4-11H,1-3H3,(H,22,25). The van der Waals surface area contributed by atoms with Gasteiger partial charge in [-0.15, -0.1) is 0 Å². The van der Waals surface area contributed by atoms with Crippen molar-refractivity contribution in [1.29, 1.82) is 0 Å². The molecule has 6 nitrogen and oxygen atoms in total. The van der Waals surface area contributed by atoms with Crippen LogP contribution in [0, 0.1) is 20.8 Å². The zero-order valence-electron chi connectivity index (χ0n) is 14.8. The molecule has 130 valence electrons. The van der Waals surface area contributed by atoms with Crippen molar-refractivity contribution in [3.63, 3.8) is 0 Å². The third-order valence-corrected chi connectivity index (χ3v) is 4.30. The fraction of sp³-hybridized carbons (Fsp3) is 0.150. The maximum atomic E-state index is 12.6. The van der Waals surface area contributed by atoms with Crippen LogP contribution in [-0.4, -0.2) is 20.3 Å². The van der Waals surface area contributed by atoms with Gasteiger partial charge in [0.15, 0.2) is 0 Å². The number of nitrogens with one attached hydrogen (secondary N) is 1. The zero-order chi connectivity index (χ0) is 18.3. The number of hydrogen-bond donors (Lipinski definition) is 1. The van der Waals surface area contributed by atoms with Gasteiger partial charge >= 0.3 is 0 Å². The fourth-order valence-corrected chi connectivity index (χ4v) is 2.93. The van der Waals surface area contributed by atoms with E-state index in [0.29, 0.717) is 17.1 Å². The fourth-order valence-electron chi connectivity index (χ4n) is 2.93. The summed E-state index contributed by atoms with van der Waals surface area (Å²) in [7, 11) is 0. The molecule has 0 saturated carbocycles. The highest BCUT2D eigenvalue weighted by Gasteiger charge is 2.15. The molecule has 26 heavy (non-hydrogen) atoms. The van der Waals surface area contributed by atoms with E-state index in [1.807, 2.05) is 54.9 Å². The molecule has 0 aliphatic carbocycles. The van der Waals surface area contributed by atoms with E-state index in [0.717, 1.165) is 28.3 Å². The van der Waals surface area contributed by atoms with E-state index in [9.17, 15) is 4.79 Å². The molecule has 3 heterocycles. The molecule has 0 saturated heterocycles. The monoisotopic (exact) mass is 346 g/mol. The molecule has 1 aromatic carbocycles. The number of carbonyl (C=O) groups is 1. The Bertz CT molecular complexity index is 1090. The van der Waals surface area contributed by atoms with Crippen molar-refractivity contribution in [2.24, 2.45) is 0 Å². The molecule has 1 N–H and O–H groups in total. The molecule has 0 aliphatic heterocycles. The van der Waals surface area contributed by atoms with Crippen LogP contribution in [-0.2, 0) is 0 Å². The van der Waals surface area contributed by atoms with Crippen LogP contribution in [0.4, 0.5) is 5.69 Å². The van der Waals surface area contributed by atoms with Gasteiger partial charge in [0.1, 0.15) is 11.5 Å². The van der Waals surface area contributed by atoms with Crippen molar-refractivity contribution in [3.05, 3.63) is 71.6 Å². The number of aromatic nitrogens is 3. The molecule has 6 heteroatoms. The summed E-state index contributed by atoms with van der Waals surface area (Å²) < 4.78 is 7.32. The second kappa shape index (κ2) is 6.15. The summed E-state index contributed by atoms with van der Waals surface area (Å²) >= 11 is 0. The first kappa shape index (κ1) is 16.1. The molecule has 3 aromatic heterocycles. The Kier molecular flexibility index (Phi) is 3.80. The molecule has 0 aliphatic rings. The van der Waals surface area contributed by atoms with Crippen LogP contribution < -0.4 is 5.32 Å². The minimum atomic E-state index is -0.184. The molecule has 0 unspecified atom stereocenters. The lowest BCUT2D eigenvalue weighted by Crippen LogP contribution is -2.13. The number of anilines is 1. The third kappa shape index (κ3) is 2.86. The predicted octanol–water partition coefficient (Wildman–Crippen LogP) is 4.17. The van der Waals surface area contributed by atoms with Crippen molar-refractivity contribution in [1.82, 2.24) is 14.4 Å². The first-order chi connectivity index (χ1) is 12.5. The second-order valence-electron chi connectivity index (χ2n) is 6.26. The van der Waals surface area contributed by atoms with E-state index in [-0.39, 0.29) is 5.91 Å². The Morgan fingerprint density at radius 2 is 2.04 bits per heavy atom.